The first-order valence-corrected chi connectivity index (χ1v) is 4.63. The molecule has 0 bridgehead atoms. The van der Waals surface area contributed by atoms with E-state index in [2.05, 4.69) is 29.5 Å². The fourth-order valence-electron chi connectivity index (χ4n) is 1.32. The number of alkyl halides is 1. The third-order valence-electron chi connectivity index (χ3n) is 2.26. The maximum Gasteiger partial charge on any atom is 0.0767 e. The van der Waals surface area contributed by atoms with Gasteiger partial charge in [-0.1, -0.05) is 22.6 Å². The van der Waals surface area contributed by atoms with E-state index in [1.807, 2.05) is 7.11 Å². The predicted octanol–water partition coefficient (Wildman–Crippen LogP) is 2.38. The molecule has 0 radical (unpaired) electrons. The third kappa shape index (κ3) is 1.40. The number of ether oxygens (including phenoxy) is 1. The van der Waals surface area contributed by atoms with Crippen LogP contribution in [0.2, 0.25) is 0 Å². The lowest BCUT2D eigenvalue weighted by atomic mass is 10.1. The summed E-state index contributed by atoms with van der Waals surface area (Å²) in [6, 6.07) is 0. The molecule has 0 aromatic heterocycles. The SMILES string of the molecule is COC1(C)CCCC1I. The average molecular weight is 240 g/mol. The van der Waals surface area contributed by atoms with E-state index in [4.69, 9.17) is 4.74 Å². The summed E-state index contributed by atoms with van der Waals surface area (Å²) in [7, 11) is 1.82. The van der Waals surface area contributed by atoms with E-state index in [1.165, 1.54) is 19.3 Å². The van der Waals surface area contributed by atoms with Crippen molar-refractivity contribution in [1.82, 2.24) is 0 Å². The number of halogens is 1. The van der Waals surface area contributed by atoms with Gasteiger partial charge in [-0.25, -0.2) is 0 Å². The summed E-state index contributed by atoms with van der Waals surface area (Å²) >= 11 is 2.49. The minimum absolute atomic E-state index is 0.181. The average Bonchev–Trinajstić information content (AvgIpc) is 2.15. The molecule has 1 fully saturated rings. The molecule has 9 heavy (non-hydrogen) atoms. The first kappa shape index (κ1) is 7.79. The molecule has 0 saturated heterocycles. The van der Waals surface area contributed by atoms with E-state index in [0.717, 1.165) is 3.92 Å². The van der Waals surface area contributed by atoms with Crippen molar-refractivity contribution in [2.24, 2.45) is 0 Å². The second-order valence-electron chi connectivity index (χ2n) is 2.88. The molecule has 0 N–H and O–H groups in total. The van der Waals surface area contributed by atoms with Crippen molar-refractivity contribution in [3.8, 4) is 0 Å². The Balaban J connectivity index is 2.56. The molecule has 0 aromatic carbocycles. The molecule has 1 rings (SSSR count). The lowest BCUT2D eigenvalue weighted by molar-refractivity contribution is 0.0203. The van der Waals surface area contributed by atoms with Gasteiger partial charge in [-0.3, -0.25) is 0 Å². The van der Waals surface area contributed by atoms with Gasteiger partial charge in [-0.05, 0) is 26.2 Å². The Bertz CT molecular complexity index is 105. The molecule has 0 spiro atoms. The Morgan fingerprint density at radius 3 is 2.56 bits per heavy atom. The van der Waals surface area contributed by atoms with Crippen LogP contribution in [0, 0.1) is 0 Å². The maximum atomic E-state index is 5.40. The van der Waals surface area contributed by atoms with E-state index in [-0.39, 0.29) is 5.60 Å². The Hall–Kier alpha value is 0.690. The number of methoxy groups -OCH3 is 1. The number of rotatable bonds is 1. The van der Waals surface area contributed by atoms with Gasteiger partial charge < -0.3 is 4.74 Å². The summed E-state index contributed by atoms with van der Waals surface area (Å²) in [4.78, 5) is 0. The van der Waals surface area contributed by atoms with E-state index >= 15 is 0 Å². The molecule has 54 valence electrons. The highest BCUT2D eigenvalue weighted by molar-refractivity contribution is 14.1. The monoisotopic (exact) mass is 240 g/mol. The molecule has 0 heterocycles. The van der Waals surface area contributed by atoms with Crippen LogP contribution in [-0.2, 0) is 4.74 Å². The smallest absolute Gasteiger partial charge is 0.0767 e. The van der Waals surface area contributed by atoms with Crippen LogP contribution in [0.4, 0.5) is 0 Å². The van der Waals surface area contributed by atoms with Crippen LogP contribution >= 0.6 is 22.6 Å². The molecule has 0 aromatic rings. The zero-order chi connectivity index (χ0) is 6.91. The van der Waals surface area contributed by atoms with Crippen LogP contribution in [-0.4, -0.2) is 16.6 Å². The van der Waals surface area contributed by atoms with Crippen molar-refractivity contribution in [2.75, 3.05) is 7.11 Å². The quantitative estimate of drug-likeness (QED) is 0.505. The maximum absolute atomic E-state index is 5.40. The van der Waals surface area contributed by atoms with E-state index in [9.17, 15) is 0 Å². The van der Waals surface area contributed by atoms with Gasteiger partial charge in [-0.15, -0.1) is 0 Å². The molecule has 0 amide bonds. The molecular formula is C7H13IO. The van der Waals surface area contributed by atoms with Crippen molar-refractivity contribution in [3.05, 3.63) is 0 Å². The highest BCUT2D eigenvalue weighted by atomic mass is 127. The highest BCUT2D eigenvalue weighted by Gasteiger charge is 2.36. The van der Waals surface area contributed by atoms with E-state index < -0.39 is 0 Å². The Labute approximate surface area is 70.3 Å². The summed E-state index contributed by atoms with van der Waals surface area (Å²) in [6.07, 6.45) is 3.89. The van der Waals surface area contributed by atoms with Crippen molar-refractivity contribution in [1.29, 1.82) is 0 Å². The van der Waals surface area contributed by atoms with Gasteiger partial charge in [0.25, 0.3) is 0 Å². The summed E-state index contributed by atoms with van der Waals surface area (Å²) in [5.74, 6) is 0. The standard InChI is InChI=1S/C7H13IO/c1-7(9-2)5-3-4-6(7)8/h6H,3-5H2,1-2H3. The zero-order valence-electron chi connectivity index (χ0n) is 5.98. The van der Waals surface area contributed by atoms with Gasteiger partial charge >= 0.3 is 0 Å². The summed E-state index contributed by atoms with van der Waals surface area (Å²) in [5, 5.41) is 0. The van der Waals surface area contributed by atoms with Crippen LogP contribution < -0.4 is 0 Å². The molecule has 1 saturated carbocycles. The molecule has 0 aliphatic heterocycles. The molecule has 2 heteroatoms. The van der Waals surface area contributed by atoms with Crippen LogP contribution in [0.25, 0.3) is 0 Å². The summed E-state index contributed by atoms with van der Waals surface area (Å²) < 4.78 is 6.13. The highest BCUT2D eigenvalue weighted by Crippen LogP contribution is 2.37. The van der Waals surface area contributed by atoms with Crippen LogP contribution in [0.5, 0.6) is 0 Å². The first-order chi connectivity index (χ1) is 4.19. The predicted molar refractivity (Wildman–Crippen MR) is 47.1 cm³/mol. The van der Waals surface area contributed by atoms with E-state index in [0.29, 0.717) is 0 Å². The van der Waals surface area contributed by atoms with Crippen molar-refractivity contribution in [2.45, 2.75) is 35.7 Å². The number of hydrogen-bond donors (Lipinski definition) is 0. The van der Waals surface area contributed by atoms with Crippen molar-refractivity contribution < 1.29 is 4.74 Å². The Morgan fingerprint density at radius 2 is 2.33 bits per heavy atom. The topological polar surface area (TPSA) is 9.23 Å². The van der Waals surface area contributed by atoms with Gasteiger partial charge in [0.1, 0.15) is 0 Å². The molecule has 1 nitrogen and oxygen atoms in total. The van der Waals surface area contributed by atoms with Crippen molar-refractivity contribution in [3.63, 3.8) is 0 Å². The summed E-state index contributed by atoms with van der Waals surface area (Å²) in [6.45, 7) is 2.21. The lowest BCUT2D eigenvalue weighted by Crippen LogP contribution is -2.31. The minimum atomic E-state index is 0.181. The molecular weight excluding hydrogens is 227 g/mol. The van der Waals surface area contributed by atoms with E-state index in [1.54, 1.807) is 0 Å². The molecule has 2 unspecified atom stereocenters. The fourth-order valence-corrected chi connectivity index (χ4v) is 2.33. The van der Waals surface area contributed by atoms with Gasteiger partial charge in [0.15, 0.2) is 0 Å². The fraction of sp³-hybridized carbons (Fsp3) is 1.00. The zero-order valence-corrected chi connectivity index (χ0v) is 8.14. The Morgan fingerprint density at radius 1 is 1.67 bits per heavy atom. The van der Waals surface area contributed by atoms with Gasteiger partial charge in [-0.2, -0.15) is 0 Å². The van der Waals surface area contributed by atoms with Crippen molar-refractivity contribution >= 4 is 22.6 Å². The normalized spacial score (nSPS) is 43.7. The third-order valence-corrected chi connectivity index (χ3v) is 4.20. The number of hydrogen-bond acceptors (Lipinski definition) is 1. The van der Waals surface area contributed by atoms with Gasteiger partial charge in [0.05, 0.1) is 5.60 Å². The Kier molecular flexibility index (Phi) is 2.37. The van der Waals surface area contributed by atoms with Crippen LogP contribution in [0.3, 0.4) is 0 Å². The van der Waals surface area contributed by atoms with Gasteiger partial charge in [0, 0.05) is 11.0 Å². The lowest BCUT2D eigenvalue weighted by Gasteiger charge is -2.25. The van der Waals surface area contributed by atoms with Crippen LogP contribution in [0.15, 0.2) is 0 Å². The minimum Gasteiger partial charge on any atom is -0.377 e. The largest absolute Gasteiger partial charge is 0.377 e. The summed E-state index contributed by atoms with van der Waals surface area (Å²) in [5.41, 5.74) is 0.181. The second-order valence-corrected chi connectivity index (χ2v) is 4.38. The first-order valence-electron chi connectivity index (χ1n) is 3.38. The molecule has 1 aliphatic carbocycles. The van der Waals surface area contributed by atoms with Crippen LogP contribution in [0.1, 0.15) is 26.2 Å². The molecule has 2 atom stereocenters. The second kappa shape index (κ2) is 2.74. The molecule has 1 aliphatic rings. The van der Waals surface area contributed by atoms with Gasteiger partial charge in [0.2, 0.25) is 0 Å².